The second-order valence-electron chi connectivity index (χ2n) is 5.83. The Morgan fingerprint density at radius 2 is 1.83 bits per heavy atom. The highest BCUT2D eigenvalue weighted by Gasteiger charge is 2.09. The van der Waals surface area contributed by atoms with E-state index in [0.29, 0.717) is 0 Å². The fourth-order valence-corrected chi connectivity index (χ4v) is 3.67. The average Bonchev–Trinajstić information content (AvgIpc) is 2.80. The molecule has 1 aromatic heterocycles. The van der Waals surface area contributed by atoms with Crippen LogP contribution < -0.4 is 0 Å². The van der Waals surface area contributed by atoms with E-state index < -0.39 is 0 Å². The monoisotopic (exact) mass is 448 g/mol. The van der Waals surface area contributed by atoms with Gasteiger partial charge in [-0.1, -0.05) is 17.7 Å². The number of aryl methyl sites for hydroxylation is 2. The predicted molar refractivity (Wildman–Crippen MR) is 111 cm³/mol. The van der Waals surface area contributed by atoms with Gasteiger partial charge in [0.25, 0.3) is 0 Å². The molecule has 24 heavy (non-hydrogen) atoms. The van der Waals surface area contributed by atoms with Crippen LogP contribution >= 0.6 is 34.2 Å². The highest BCUT2D eigenvalue weighted by molar-refractivity contribution is 14.1. The number of aromatic nitrogens is 1. The Hall–Kier alpha value is -1.59. The third-order valence-electron chi connectivity index (χ3n) is 4.04. The molecule has 2 aromatic carbocycles. The first-order valence-electron chi connectivity index (χ1n) is 7.71. The maximum atomic E-state index is 6.14. The molecule has 0 aliphatic carbocycles. The first-order valence-corrected chi connectivity index (χ1v) is 9.16. The minimum atomic E-state index is 0.740. The van der Waals surface area contributed by atoms with Crippen LogP contribution in [0.25, 0.3) is 5.69 Å². The maximum absolute atomic E-state index is 6.14. The van der Waals surface area contributed by atoms with Gasteiger partial charge in [-0.3, -0.25) is 4.99 Å². The molecule has 0 aliphatic rings. The second-order valence-corrected chi connectivity index (χ2v) is 7.51. The molecule has 0 saturated carbocycles. The molecule has 122 valence electrons. The van der Waals surface area contributed by atoms with E-state index in [4.69, 9.17) is 11.6 Å². The van der Waals surface area contributed by atoms with Crippen molar-refractivity contribution < 1.29 is 0 Å². The zero-order valence-electron chi connectivity index (χ0n) is 13.8. The van der Waals surface area contributed by atoms with Crippen molar-refractivity contribution in [1.29, 1.82) is 0 Å². The van der Waals surface area contributed by atoms with Gasteiger partial charge < -0.3 is 4.57 Å². The Kier molecular flexibility index (Phi) is 5.11. The summed E-state index contributed by atoms with van der Waals surface area (Å²) in [6.45, 7) is 6.29. The second kappa shape index (κ2) is 7.11. The number of benzene rings is 2. The molecule has 0 atom stereocenters. The van der Waals surface area contributed by atoms with Gasteiger partial charge in [0.15, 0.2) is 0 Å². The van der Waals surface area contributed by atoms with Gasteiger partial charge >= 0.3 is 0 Å². The SMILES string of the molecule is Cc1cc(I)ccc1N=Cc1cc(C)n(-c2cccc(Cl)c2)c1C. The number of nitrogens with zero attached hydrogens (tertiary/aromatic N) is 2. The smallest absolute Gasteiger partial charge is 0.0659 e. The molecule has 1 heterocycles. The van der Waals surface area contributed by atoms with Crippen molar-refractivity contribution in [3.8, 4) is 5.69 Å². The summed E-state index contributed by atoms with van der Waals surface area (Å²) < 4.78 is 3.43. The van der Waals surface area contributed by atoms with Gasteiger partial charge in [-0.25, -0.2) is 0 Å². The van der Waals surface area contributed by atoms with Crippen molar-refractivity contribution in [2.24, 2.45) is 4.99 Å². The Bertz CT molecular complexity index is 925. The minimum Gasteiger partial charge on any atom is -0.318 e. The number of halogens is 2. The molecule has 0 saturated heterocycles. The molecule has 0 amide bonds. The van der Waals surface area contributed by atoms with E-state index in [2.05, 4.69) is 83.3 Å². The zero-order valence-corrected chi connectivity index (χ0v) is 16.8. The first kappa shape index (κ1) is 17.2. The molecule has 0 spiro atoms. The summed E-state index contributed by atoms with van der Waals surface area (Å²) in [5.41, 5.74) is 6.69. The summed E-state index contributed by atoms with van der Waals surface area (Å²) in [6, 6.07) is 16.3. The van der Waals surface area contributed by atoms with Crippen LogP contribution in [0.1, 0.15) is 22.5 Å². The average molecular weight is 449 g/mol. The highest BCUT2D eigenvalue weighted by Crippen LogP contribution is 2.24. The quantitative estimate of drug-likeness (QED) is 0.325. The molecular weight excluding hydrogens is 431 g/mol. The van der Waals surface area contributed by atoms with E-state index in [1.54, 1.807) is 0 Å². The lowest BCUT2D eigenvalue weighted by Crippen LogP contribution is -1.99. The lowest BCUT2D eigenvalue weighted by atomic mass is 10.2. The highest BCUT2D eigenvalue weighted by atomic mass is 127. The van der Waals surface area contributed by atoms with E-state index >= 15 is 0 Å². The van der Waals surface area contributed by atoms with Crippen molar-refractivity contribution in [3.05, 3.63) is 79.6 Å². The summed E-state index contributed by atoms with van der Waals surface area (Å²) in [7, 11) is 0. The van der Waals surface area contributed by atoms with Crippen LogP contribution in [0.15, 0.2) is 53.5 Å². The Labute approximate surface area is 161 Å². The molecule has 4 heteroatoms. The third-order valence-corrected chi connectivity index (χ3v) is 4.94. The molecule has 2 nitrogen and oxygen atoms in total. The lowest BCUT2D eigenvalue weighted by molar-refractivity contribution is 0.965. The largest absolute Gasteiger partial charge is 0.318 e. The summed E-state index contributed by atoms with van der Waals surface area (Å²) in [4.78, 5) is 4.68. The van der Waals surface area contributed by atoms with E-state index in [9.17, 15) is 0 Å². The number of hydrogen-bond acceptors (Lipinski definition) is 1. The van der Waals surface area contributed by atoms with E-state index in [-0.39, 0.29) is 0 Å². The van der Waals surface area contributed by atoms with Crippen LogP contribution in [0.2, 0.25) is 5.02 Å². The summed E-state index contributed by atoms with van der Waals surface area (Å²) in [5.74, 6) is 0. The molecule has 0 unspecified atom stereocenters. The van der Waals surface area contributed by atoms with Crippen molar-refractivity contribution in [3.63, 3.8) is 0 Å². The van der Waals surface area contributed by atoms with Crippen molar-refractivity contribution in [2.45, 2.75) is 20.8 Å². The van der Waals surface area contributed by atoms with Crippen molar-refractivity contribution >= 4 is 46.1 Å². The zero-order chi connectivity index (χ0) is 17.3. The molecular formula is C20H18ClIN2. The van der Waals surface area contributed by atoms with E-state index in [1.807, 2.05) is 24.4 Å². The van der Waals surface area contributed by atoms with Gasteiger partial charge in [0.1, 0.15) is 0 Å². The third kappa shape index (κ3) is 3.57. The predicted octanol–water partition coefficient (Wildman–Crippen LogP) is 6.41. The molecule has 0 aliphatic heterocycles. The number of rotatable bonds is 3. The van der Waals surface area contributed by atoms with Gasteiger partial charge in [-0.05, 0) is 91.4 Å². The van der Waals surface area contributed by atoms with Crippen LogP contribution in [0, 0.1) is 24.3 Å². The van der Waals surface area contributed by atoms with Gasteiger partial charge in [0.05, 0.1) is 5.69 Å². The number of hydrogen-bond donors (Lipinski definition) is 0. The van der Waals surface area contributed by atoms with Gasteiger partial charge in [0.2, 0.25) is 0 Å². The lowest BCUT2D eigenvalue weighted by Gasteiger charge is -2.09. The Balaban J connectivity index is 1.98. The van der Waals surface area contributed by atoms with Gasteiger partial charge in [-0.2, -0.15) is 0 Å². The van der Waals surface area contributed by atoms with Crippen LogP contribution in [0.5, 0.6) is 0 Å². The summed E-state index contributed by atoms with van der Waals surface area (Å²) in [6.07, 6.45) is 1.94. The standard InChI is InChI=1S/C20H18ClIN2/c1-13-9-18(22)7-8-20(13)23-12-16-10-14(2)24(15(16)3)19-6-4-5-17(21)11-19/h4-12H,1-3H3. The van der Waals surface area contributed by atoms with Crippen LogP contribution in [0.3, 0.4) is 0 Å². The van der Waals surface area contributed by atoms with Gasteiger partial charge in [-0.15, -0.1) is 0 Å². The summed E-state index contributed by atoms with van der Waals surface area (Å²) in [5, 5.41) is 0.740. The van der Waals surface area contributed by atoms with Crippen LogP contribution in [-0.4, -0.2) is 10.8 Å². The molecule has 0 fully saturated rings. The fourth-order valence-electron chi connectivity index (χ4n) is 2.83. The molecule has 0 bridgehead atoms. The topological polar surface area (TPSA) is 17.3 Å². The van der Waals surface area contributed by atoms with Crippen LogP contribution in [-0.2, 0) is 0 Å². The van der Waals surface area contributed by atoms with Crippen molar-refractivity contribution in [1.82, 2.24) is 4.57 Å². The molecule has 3 aromatic rings. The van der Waals surface area contributed by atoms with Gasteiger partial charge in [0, 0.05) is 37.4 Å². The Morgan fingerprint density at radius 3 is 2.54 bits per heavy atom. The maximum Gasteiger partial charge on any atom is 0.0659 e. The normalized spacial score (nSPS) is 11.4. The van der Waals surface area contributed by atoms with E-state index in [1.165, 1.54) is 9.13 Å². The minimum absolute atomic E-state index is 0.740. The summed E-state index contributed by atoms with van der Waals surface area (Å²) >= 11 is 8.46. The Morgan fingerprint density at radius 1 is 1.04 bits per heavy atom. The van der Waals surface area contributed by atoms with Crippen LogP contribution in [0.4, 0.5) is 5.69 Å². The number of aliphatic imine (C=N–C) groups is 1. The van der Waals surface area contributed by atoms with E-state index in [0.717, 1.165) is 33.3 Å². The fraction of sp³-hybridized carbons (Fsp3) is 0.150. The first-order chi connectivity index (χ1) is 11.5. The molecule has 0 N–H and O–H groups in total. The molecule has 3 rings (SSSR count). The molecule has 0 radical (unpaired) electrons. The van der Waals surface area contributed by atoms with Crippen molar-refractivity contribution in [2.75, 3.05) is 0 Å².